The van der Waals surface area contributed by atoms with Crippen molar-refractivity contribution >= 4 is 21.3 Å². The van der Waals surface area contributed by atoms with Gasteiger partial charge in [-0.05, 0) is 27.8 Å². The van der Waals surface area contributed by atoms with E-state index in [9.17, 15) is 13.0 Å². The van der Waals surface area contributed by atoms with Gasteiger partial charge in [-0.15, -0.1) is 0 Å². The van der Waals surface area contributed by atoms with Crippen LogP contribution < -0.4 is 0 Å². The van der Waals surface area contributed by atoms with Gasteiger partial charge in [-0.25, -0.2) is 8.42 Å². The molecule has 0 aliphatic carbocycles. The molecule has 12 heteroatoms. The van der Waals surface area contributed by atoms with Gasteiger partial charge in [-0.2, -0.15) is 0 Å². The van der Waals surface area contributed by atoms with Crippen LogP contribution >= 0.6 is 0 Å². The van der Waals surface area contributed by atoms with Crippen LogP contribution in [-0.2, 0) is 86.9 Å². The minimum absolute atomic E-state index is 0.123. The molecule has 2 fully saturated rings. The normalized spacial score (nSPS) is 24.8. The molecule has 10 nitrogen and oxygen atoms in total. The van der Waals surface area contributed by atoms with Crippen molar-refractivity contribution < 1.29 is 45.6 Å². The Bertz CT molecular complexity index is 2010. The first-order chi connectivity index (χ1) is 27.9. The molecule has 2 heterocycles. The van der Waals surface area contributed by atoms with Crippen molar-refractivity contribution in [3.63, 3.8) is 0 Å². The Morgan fingerprint density at radius 3 is 1.44 bits per heavy atom. The molecule has 7 rings (SSSR count). The summed E-state index contributed by atoms with van der Waals surface area (Å²) in [5, 5.41) is -0.167. The number of rotatable bonds is 20. The van der Waals surface area contributed by atoms with E-state index in [1.807, 2.05) is 152 Å². The Hall–Kier alpha value is -3.92. The number of hydrogen-bond acceptors (Lipinski definition) is 10. The lowest BCUT2D eigenvalue weighted by Gasteiger charge is -2.26. The maximum absolute atomic E-state index is 12.4. The molecule has 0 radical (unpaired) electrons. The van der Waals surface area contributed by atoms with E-state index < -0.39 is 45.9 Å². The van der Waals surface area contributed by atoms with E-state index in [1.54, 1.807) is 0 Å². The van der Waals surface area contributed by atoms with Crippen molar-refractivity contribution in [2.75, 3.05) is 18.1 Å². The number of ether oxygens (including phenoxy) is 6. The molecule has 0 amide bonds. The van der Waals surface area contributed by atoms with E-state index in [-0.39, 0.29) is 30.7 Å². The van der Waals surface area contributed by atoms with Gasteiger partial charge in [0.05, 0.1) is 39.6 Å². The van der Waals surface area contributed by atoms with Gasteiger partial charge in [0.2, 0.25) is 10.4 Å². The maximum Gasteiger partial charge on any atom is 0.218 e. The average molecular weight is 813 g/mol. The molecule has 5 aromatic rings. The van der Waals surface area contributed by atoms with Crippen molar-refractivity contribution in [1.29, 1.82) is 0 Å². The Labute approximate surface area is 338 Å². The van der Waals surface area contributed by atoms with Crippen molar-refractivity contribution in [3.05, 3.63) is 179 Å². The lowest BCUT2D eigenvalue weighted by atomic mass is 10.1. The Kier molecular flexibility index (Phi) is 15.0. The van der Waals surface area contributed by atoms with Crippen LogP contribution in [0.1, 0.15) is 27.8 Å². The summed E-state index contributed by atoms with van der Waals surface area (Å²) in [4.78, 5) is 0. The van der Waals surface area contributed by atoms with Crippen LogP contribution in [0.2, 0.25) is 0 Å². The minimum atomic E-state index is -5.18. The standard InChI is InChI=1S/C45H48O10S2/c46-57(47,48)55-43-40(54-45(53-30-38-24-14-5-15-25-38)44(43)52-29-37-22-12-4-13-23-37)33-56-32-39(50-27-35-18-8-2-9-19-35)42(51-28-36-20-10-3-11-21-36)41(56)31-49-26-34-16-6-1-7-17-34/h1-25,39-45H,26-33H2/t39-,40-,41-,42+,43-,44+,45+,56?/m1/s1. The van der Waals surface area contributed by atoms with Gasteiger partial charge in [-0.3, -0.25) is 4.18 Å². The van der Waals surface area contributed by atoms with E-state index in [0.717, 1.165) is 27.8 Å². The van der Waals surface area contributed by atoms with E-state index >= 15 is 0 Å². The van der Waals surface area contributed by atoms with Crippen molar-refractivity contribution in [2.45, 2.75) is 75.1 Å². The van der Waals surface area contributed by atoms with Crippen LogP contribution in [0.4, 0.5) is 0 Å². The zero-order valence-corrected chi connectivity index (χ0v) is 33.2. The van der Waals surface area contributed by atoms with Crippen molar-refractivity contribution in [3.8, 4) is 0 Å². The largest absolute Gasteiger partial charge is 0.726 e. The predicted octanol–water partition coefficient (Wildman–Crippen LogP) is 6.75. The first-order valence-corrected chi connectivity index (χ1v) is 22.0. The summed E-state index contributed by atoms with van der Waals surface area (Å²) in [5.41, 5.74) is 4.86. The van der Waals surface area contributed by atoms with Crippen LogP contribution in [0.3, 0.4) is 0 Å². The number of benzene rings is 5. The van der Waals surface area contributed by atoms with Crippen LogP contribution in [0.5, 0.6) is 0 Å². The fourth-order valence-electron chi connectivity index (χ4n) is 7.13. The molecule has 0 N–H and O–H groups in total. The van der Waals surface area contributed by atoms with Gasteiger partial charge in [0, 0.05) is 10.9 Å². The third kappa shape index (κ3) is 12.3. The van der Waals surface area contributed by atoms with Gasteiger partial charge in [-0.1, -0.05) is 152 Å². The summed E-state index contributed by atoms with van der Waals surface area (Å²) in [7, 11) is -5.71. The zero-order chi connectivity index (χ0) is 39.3. The molecule has 5 aromatic carbocycles. The molecule has 57 heavy (non-hydrogen) atoms. The summed E-state index contributed by atoms with van der Waals surface area (Å²) in [6.45, 7) is 1.80. The Balaban J connectivity index is 1.17. The highest BCUT2D eigenvalue weighted by atomic mass is 32.3. The molecular formula is C45H48O10S2. The molecule has 2 aliphatic rings. The quantitative estimate of drug-likeness (QED) is 0.0475. The summed E-state index contributed by atoms with van der Waals surface area (Å²) in [6, 6.07) is 49.0. The fourth-order valence-corrected chi connectivity index (χ4v) is 10.6. The highest BCUT2D eigenvalue weighted by Crippen LogP contribution is 2.36. The molecule has 1 unspecified atom stereocenters. The van der Waals surface area contributed by atoms with Crippen molar-refractivity contribution in [1.82, 2.24) is 0 Å². The number of hydrogen-bond donors (Lipinski definition) is 0. The second-order valence-electron chi connectivity index (χ2n) is 14.1. The second-order valence-corrected chi connectivity index (χ2v) is 17.4. The van der Waals surface area contributed by atoms with Crippen LogP contribution in [-0.4, -0.2) is 73.1 Å². The lowest BCUT2D eigenvalue weighted by molar-refractivity contribution is -0.183. The first kappa shape index (κ1) is 41.2. The maximum atomic E-state index is 12.4. The first-order valence-electron chi connectivity index (χ1n) is 19.1. The van der Waals surface area contributed by atoms with Gasteiger partial charge < -0.3 is 33.0 Å². The summed E-state index contributed by atoms with van der Waals surface area (Å²) < 4.78 is 81.5. The summed E-state index contributed by atoms with van der Waals surface area (Å²) >= 11 is 0. The molecule has 300 valence electrons. The van der Waals surface area contributed by atoms with Gasteiger partial charge >= 0.3 is 0 Å². The van der Waals surface area contributed by atoms with Gasteiger partial charge in [0.1, 0.15) is 42.0 Å². The lowest BCUT2D eigenvalue weighted by Crippen LogP contribution is -2.44. The molecule has 8 atom stereocenters. The SMILES string of the molecule is O=S(=O)([O-])O[C@H]1[C@H](OCc2ccccc2)[C@@H](OCc2ccccc2)O[C@@H]1C[S+]1C[C@@H](OCc2ccccc2)[C@H](OCc2ccccc2)[C@H]1COCc1ccccc1. The molecular weight excluding hydrogens is 765 g/mol. The highest BCUT2D eigenvalue weighted by molar-refractivity contribution is 7.97. The molecule has 0 saturated carbocycles. The molecule has 2 saturated heterocycles. The molecule has 0 bridgehead atoms. The predicted molar refractivity (Wildman–Crippen MR) is 217 cm³/mol. The highest BCUT2D eigenvalue weighted by Gasteiger charge is 2.57. The molecule has 0 aromatic heterocycles. The zero-order valence-electron chi connectivity index (χ0n) is 31.5. The van der Waals surface area contributed by atoms with E-state index in [2.05, 4.69) is 0 Å². The smallest absolute Gasteiger partial charge is 0.218 e. The van der Waals surface area contributed by atoms with E-state index in [0.29, 0.717) is 37.9 Å². The van der Waals surface area contributed by atoms with E-state index in [4.69, 9.17) is 32.6 Å². The summed E-state index contributed by atoms with van der Waals surface area (Å²) in [5.74, 6) is 0.916. The monoisotopic (exact) mass is 812 g/mol. The van der Waals surface area contributed by atoms with Crippen molar-refractivity contribution in [2.24, 2.45) is 0 Å². The second kappa shape index (κ2) is 20.7. The third-order valence-electron chi connectivity index (χ3n) is 9.94. The molecule has 0 spiro atoms. The van der Waals surface area contributed by atoms with Crippen LogP contribution in [0.25, 0.3) is 0 Å². The third-order valence-corrected chi connectivity index (χ3v) is 13.2. The van der Waals surface area contributed by atoms with Crippen LogP contribution in [0, 0.1) is 0 Å². The topological polar surface area (TPSA) is 122 Å². The fraction of sp³-hybridized carbons (Fsp3) is 0.333. The Morgan fingerprint density at radius 1 is 0.544 bits per heavy atom. The van der Waals surface area contributed by atoms with Gasteiger partial charge in [0.25, 0.3) is 0 Å². The van der Waals surface area contributed by atoms with E-state index in [1.165, 1.54) is 0 Å². The average Bonchev–Trinajstić information content (AvgIpc) is 3.73. The Morgan fingerprint density at radius 2 is 0.965 bits per heavy atom. The van der Waals surface area contributed by atoms with Gasteiger partial charge in [0.15, 0.2) is 11.5 Å². The molecule has 2 aliphatic heterocycles. The summed E-state index contributed by atoms with van der Waals surface area (Å²) in [6.07, 6.45) is -4.90. The van der Waals surface area contributed by atoms with Crippen LogP contribution in [0.15, 0.2) is 152 Å². The minimum Gasteiger partial charge on any atom is -0.726 e.